The van der Waals surface area contributed by atoms with Crippen LogP contribution in [0.25, 0.3) is 0 Å². The highest BCUT2D eigenvalue weighted by molar-refractivity contribution is 6.32. The van der Waals surface area contributed by atoms with Gasteiger partial charge in [-0.3, -0.25) is 9.69 Å². The van der Waals surface area contributed by atoms with E-state index >= 15 is 0 Å². The van der Waals surface area contributed by atoms with E-state index in [1.807, 2.05) is 0 Å². The van der Waals surface area contributed by atoms with E-state index in [2.05, 4.69) is 10.2 Å². The number of nitrogens with one attached hydrogen (secondary N) is 1. The number of nitrogens with zero attached hydrogens (tertiary/aromatic N) is 1. The molecule has 1 heterocycles. The van der Waals surface area contributed by atoms with E-state index in [1.165, 1.54) is 30.3 Å². The Hall–Kier alpha value is -2.15. The molecule has 0 spiro atoms. The number of ether oxygens (including phenoxy) is 1. The Bertz CT molecular complexity index is 764. The molecule has 5 nitrogen and oxygen atoms in total. The zero-order valence-electron chi connectivity index (χ0n) is 14.1. The number of aromatic hydroxyl groups is 1. The van der Waals surface area contributed by atoms with Crippen LogP contribution in [-0.4, -0.2) is 48.8 Å². The van der Waals surface area contributed by atoms with Gasteiger partial charge in [-0.15, -0.1) is 0 Å². The molecule has 1 atom stereocenters. The van der Waals surface area contributed by atoms with Gasteiger partial charge in [0.1, 0.15) is 11.6 Å². The third-order valence-electron chi connectivity index (χ3n) is 4.41. The van der Waals surface area contributed by atoms with Gasteiger partial charge in [-0.1, -0.05) is 23.7 Å². The molecule has 1 aliphatic rings. The fourth-order valence-corrected chi connectivity index (χ4v) is 3.15. The summed E-state index contributed by atoms with van der Waals surface area (Å²) in [6.07, 6.45) is 0. The van der Waals surface area contributed by atoms with Gasteiger partial charge in [0.2, 0.25) is 0 Å². The van der Waals surface area contributed by atoms with E-state index < -0.39 is 0 Å². The maximum absolute atomic E-state index is 13.3. The number of hydrogen-bond acceptors (Lipinski definition) is 4. The molecule has 1 fully saturated rings. The summed E-state index contributed by atoms with van der Waals surface area (Å²) in [5, 5.41) is 12.5. The number of rotatable bonds is 5. The van der Waals surface area contributed by atoms with E-state index in [9.17, 15) is 14.3 Å². The van der Waals surface area contributed by atoms with Crippen LogP contribution >= 0.6 is 11.6 Å². The smallest absolute Gasteiger partial charge is 0.251 e. The van der Waals surface area contributed by atoms with E-state index in [1.54, 1.807) is 12.1 Å². The van der Waals surface area contributed by atoms with Gasteiger partial charge in [0.25, 0.3) is 5.91 Å². The molecule has 2 aromatic carbocycles. The topological polar surface area (TPSA) is 61.8 Å². The van der Waals surface area contributed by atoms with Gasteiger partial charge in [-0.25, -0.2) is 4.39 Å². The Kier molecular flexibility index (Phi) is 6.08. The van der Waals surface area contributed by atoms with E-state index in [0.29, 0.717) is 25.3 Å². The summed E-state index contributed by atoms with van der Waals surface area (Å²) in [7, 11) is 0. The minimum atomic E-state index is -0.294. The van der Waals surface area contributed by atoms with Gasteiger partial charge in [-0.2, -0.15) is 0 Å². The molecule has 0 aliphatic carbocycles. The van der Waals surface area contributed by atoms with E-state index in [0.717, 1.165) is 18.7 Å². The summed E-state index contributed by atoms with van der Waals surface area (Å²) < 4.78 is 18.7. The number of hydrogen-bond donors (Lipinski definition) is 2. The number of benzene rings is 2. The van der Waals surface area contributed by atoms with Crippen LogP contribution in [0.5, 0.6) is 5.75 Å². The predicted octanol–water partition coefficient (Wildman–Crippen LogP) is 2.99. The number of carbonyl (C=O) groups excluding carboxylic acids is 1. The predicted molar refractivity (Wildman–Crippen MR) is 97.0 cm³/mol. The number of phenols is 1. The number of carbonyl (C=O) groups is 1. The summed E-state index contributed by atoms with van der Waals surface area (Å²) in [6, 6.07) is 10.5. The highest BCUT2D eigenvalue weighted by Crippen LogP contribution is 2.24. The van der Waals surface area contributed by atoms with Gasteiger partial charge in [0, 0.05) is 25.2 Å². The zero-order valence-corrected chi connectivity index (χ0v) is 14.9. The quantitative estimate of drug-likeness (QED) is 0.839. The Morgan fingerprint density at radius 2 is 1.92 bits per heavy atom. The molecule has 0 saturated carbocycles. The molecule has 0 aromatic heterocycles. The van der Waals surface area contributed by atoms with Crippen molar-refractivity contribution in [2.75, 3.05) is 32.8 Å². The van der Waals surface area contributed by atoms with Gasteiger partial charge < -0.3 is 15.2 Å². The van der Waals surface area contributed by atoms with Crippen molar-refractivity contribution in [2.45, 2.75) is 6.04 Å². The van der Waals surface area contributed by atoms with Gasteiger partial charge in [0.05, 0.1) is 24.3 Å². The molecular weight excluding hydrogens is 359 g/mol. The fraction of sp³-hybridized carbons (Fsp3) is 0.316. The molecule has 0 bridgehead atoms. The Labute approximate surface area is 156 Å². The highest BCUT2D eigenvalue weighted by Gasteiger charge is 2.23. The first-order chi connectivity index (χ1) is 12.5. The molecule has 138 valence electrons. The monoisotopic (exact) mass is 378 g/mol. The van der Waals surface area contributed by atoms with Crippen LogP contribution in [0.15, 0.2) is 42.5 Å². The molecule has 26 heavy (non-hydrogen) atoms. The van der Waals surface area contributed by atoms with Crippen LogP contribution in [-0.2, 0) is 4.74 Å². The first kappa shape index (κ1) is 18.6. The lowest BCUT2D eigenvalue weighted by atomic mass is 10.0. The molecule has 1 saturated heterocycles. The van der Waals surface area contributed by atoms with Crippen molar-refractivity contribution in [3.8, 4) is 5.75 Å². The number of morpholine rings is 1. The van der Waals surface area contributed by atoms with E-state index in [-0.39, 0.29) is 28.5 Å². The van der Waals surface area contributed by atoms with Crippen LogP contribution in [0.4, 0.5) is 4.39 Å². The highest BCUT2D eigenvalue weighted by atomic mass is 35.5. The molecule has 3 rings (SSSR count). The Balaban J connectivity index is 1.73. The van der Waals surface area contributed by atoms with Crippen molar-refractivity contribution in [3.05, 3.63) is 64.4 Å². The van der Waals surface area contributed by atoms with Crippen molar-refractivity contribution >= 4 is 17.5 Å². The first-order valence-corrected chi connectivity index (χ1v) is 8.76. The normalized spacial score (nSPS) is 16.2. The second-order valence-corrected chi connectivity index (χ2v) is 6.50. The number of amides is 1. The van der Waals surface area contributed by atoms with Gasteiger partial charge in [-0.05, 0) is 35.9 Å². The van der Waals surface area contributed by atoms with E-state index in [4.69, 9.17) is 16.3 Å². The van der Waals surface area contributed by atoms with Crippen LogP contribution in [0, 0.1) is 5.82 Å². The van der Waals surface area contributed by atoms with Crippen LogP contribution in [0.3, 0.4) is 0 Å². The molecule has 0 radical (unpaired) electrons. The fourth-order valence-electron chi connectivity index (χ4n) is 2.97. The van der Waals surface area contributed by atoms with Crippen LogP contribution in [0.2, 0.25) is 5.02 Å². The molecule has 1 unspecified atom stereocenters. The van der Waals surface area contributed by atoms with Crippen molar-refractivity contribution in [1.82, 2.24) is 10.2 Å². The van der Waals surface area contributed by atoms with Crippen molar-refractivity contribution in [2.24, 2.45) is 0 Å². The molecule has 1 amide bonds. The maximum atomic E-state index is 13.3. The third-order valence-corrected chi connectivity index (χ3v) is 4.71. The third kappa shape index (κ3) is 4.52. The van der Waals surface area contributed by atoms with Crippen molar-refractivity contribution in [1.29, 1.82) is 0 Å². The molecule has 1 aliphatic heterocycles. The lowest BCUT2D eigenvalue weighted by Gasteiger charge is -2.35. The molecule has 2 aromatic rings. The summed E-state index contributed by atoms with van der Waals surface area (Å²) >= 11 is 5.87. The lowest BCUT2D eigenvalue weighted by molar-refractivity contribution is 0.0162. The van der Waals surface area contributed by atoms with Crippen LogP contribution in [0.1, 0.15) is 22.0 Å². The Morgan fingerprint density at radius 3 is 2.58 bits per heavy atom. The summed E-state index contributed by atoms with van der Waals surface area (Å²) in [6.45, 7) is 3.09. The SMILES string of the molecule is O=C(NCC(c1ccc(F)cc1)N1CCOCC1)c1ccc(O)c(Cl)c1. The van der Waals surface area contributed by atoms with Gasteiger partial charge >= 0.3 is 0 Å². The standard InChI is InChI=1S/C19H20ClFN2O3/c20-16-11-14(3-6-18(16)24)19(25)22-12-17(23-7-9-26-10-8-23)13-1-4-15(21)5-2-13/h1-6,11,17,24H,7-10,12H2,(H,22,25). The largest absolute Gasteiger partial charge is 0.506 e. The summed E-state index contributed by atoms with van der Waals surface area (Å²) in [5.74, 6) is -0.648. The molecule has 7 heteroatoms. The Morgan fingerprint density at radius 1 is 1.23 bits per heavy atom. The lowest BCUT2D eigenvalue weighted by Crippen LogP contribution is -2.43. The average Bonchev–Trinajstić information content (AvgIpc) is 2.66. The zero-order chi connectivity index (χ0) is 18.5. The second-order valence-electron chi connectivity index (χ2n) is 6.09. The second kappa shape index (κ2) is 8.49. The first-order valence-electron chi connectivity index (χ1n) is 8.38. The van der Waals surface area contributed by atoms with Crippen molar-refractivity contribution in [3.63, 3.8) is 0 Å². The molecular formula is C19H20ClFN2O3. The number of halogens is 2. The summed E-state index contributed by atoms with van der Waals surface area (Å²) in [5.41, 5.74) is 1.30. The summed E-state index contributed by atoms with van der Waals surface area (Å²) in [4.78, 5) is 14.6. The molecule has 2 N–H and O–H groups in total. The van der Waals surface area contributed by atoms with Crippen LogP contribution < -0.4 is 5.32 Å². The average molecular weight is 379 g/mol. The minimum Gasteiger partial charge on any atom is -0.506 e. The maximum Gasteiger partial charge on any atom is 0.251 e. The minimum absolute atomic E-state index is 0.0688. The number of phenolic OH excluding ortho intramolecular Hbond substituents is 1. The van der Waals surface area contributed by atoms with Crippen molar-refractivity contribution < 1.29 is 19.0 Å². The van der Waals surface area contributed by atoms with Gasteiger partial charge in [0.15, 0.2) is 0 Å².